The highest BCUT2D eigenvalue weighted by molar-refractivity contribution is 6.01. The maximum absolute atomic E-state index is 11.5. The molecule has 1 aliphatic heterocycles. The summed E-state index contributed by atoms with van der Waals surface area (Å²) in [6.45, 7) is 2.36. The van der Waals surface area contributed by atoms with Crippen molar-refractivity contribution in [2.75, 3.05) is 6.61 Å². The average molecular weight is 188 g/mol. The van der Waals surface area contributed by atoms with Gasteiger partial charge in [-0.2, -0.15) is 0 Å². The Morgan fingerprint density at radius 2 is 2.07 bits per heavy atom. The Morgan fingerprint density at radius 3 is 2.64 bits per heavy atom. The van der Waals surface area contributed by atoms with Crippen molar-refractivity contribution in [3.05, 3.63) is 42.0 Å². The number of epoxide rings is 1. The van der Waals surface area contributed by atoms with Gasteiger partial charge in [0.15, 0.2) is 11.4 Å². The standard InChI is InChI=1S/C12H12O2/c1-12(9-14-12)11(13)8-7-10-5-3-2-4-6-10/h2-8H,9H2,1H3/b8-7-/t12-/m0/s1. The van der Waals surface area contributed by atoms with Gasteiger partial charge in [-0.25, -0.2) is 0 Å². The van der Waals surface area contributed by atoms with Gasteiger partial charge < -0.3 is 4.74 Å². The van der Waals surface area contributed by atoms with Crippen molar-refractivity contribution >= 4 is 11.9 Å². The van der Waals surface area contributed by atoms with Crippen molar-refractivity contribution in [3.8, 4) is 0 Å². The molecular weight excluding hydrogens is 176 g/mol. The molecule has 0 N–H and O–H groups in total. The fourth-order valence-electron chi connectivity index (χ4n) is 1.16. The Bertz CT molecular complexity index is 361. The maximum atomic E-state index is 11.5. The number of benzene rings is 1. The summed E-state index contributed by atoms with van der Waals surface area (Å²) >= 11 is 0. The van der Waals surface area contributed by atoms with Crippen LogP contribution in [0, 0.1) is 0 Å². The van der Waals surface area contributed by atoms with Gasteiger partial charge in [-0.1, -0.05) is 36.4 Å². The number of hydrogen-bond acceptors (Lipinski definition) is 2. The minimum atomic E-state index is -0.536. The first kappa shape index (κ1) is 9.16. The van der Waals surface area contributed by atoms with Crippen LogP contribution in [0.5, 0.6) is 0 Å². The van der Waals surface area contributed by atoms with E-state index < -0.39 is 5.60 Å². The first-order chi connectivity index (χ1) is 6.71. The van der Waals surface area contributed by atoms with Gasteiger partial charge in [0.2, 0.25) is 0 Å². The van der Waals surface area contributed by atoms with Crippen LogP contribution in [0.1, 0.15) is 12.5 Å². The summed E-state index contributed by atoms with van der Waals surface area (Å²) in [5.41, 5.74) is 0.496. The van der Waals surface area contributed by atoms with Gasteiger partial charge in [-0.15, -0.1) is 0 Å². The number of carbonyl (C=O) groups is 1. The van der Waals surface area contributed by atoms with E-state index in [0.29, 0.717) is 6.61 Å². The molecule has 0 aliphatic carbocycles. The average Bonchev–Trinajstić information content (AvgIpc) is 2.96. The summed E-state index contributed by atoms with van der Waals surface area (Å²) in [6.07, 6.45) is 3.40. The first-order valence-corrected chi connectivity index (χ1v) is 4.62. The van der Waals surface area contributed by atoms with E-state index >= 15 is 0 Å². The summed E-state index contributed by atoms with van der Waals surface area (Å²) in [4.78, 5) is 11.5. The fourth-order valence-corrected chi connectivity index (χ4v) is 1.16. The van der Waals surface area contributed by atoms with Gasteiger partial charge in [0.05, 0.1) is 6.61 Å². The zero-order valence-electron chi connectivity index (χ0n) is 8.07. The van der Waals surface area contributed by atoms with Gasteiger partial charge in [-0.05, 0) is 18.6 Å². The molecule has 1 atom stereocenters. The van der Waals surface area contributed by atoms with Crippen LogP contribution in [0.4, 0.5) is 0 Å². The van der Waals surface area contributed by atoms with Crippen LogP contribution < -0.4 is 0 Å². The monoisotopic (exact) mass is 188 g/mol. The predicted octanol–water partition coefficient (Wildman–Crippen LogP) is 2.06. The normalized spacial score (nSPS) is 25.2. The van der Waals surface area contributed by atoms with Gasteiger partial charge in [-0.3, -0.25) is 4.79 Å². The zero-order valence-corrected chi connectivity index (χ0v) is 8.07. The quantitative estimate of drug-likeness (QED) is 0.536. The molecule has 1 fully saturated rings. The summed E-state index contributed by atoms with van der Waals surface area (Å²) in [5, 5.41) is 0. The van der Waals surface area contributed by atoms with Crippen molar-refractivity contribution in [3.63, 3.8) is 0 Å². The molecule has 2 rings (SSSR count). The molecule has 14 heavy (non-hydrogen) atoms. The summed E-state index contributed by atoms with van der Waals surface area (Å²) < 4.78 is 5.05. The number of rotatable bonds is 3. The number of ketones is 1. The van der Waals surface area contributed by atoms with E-state index in [-0.39, 0.29) is 5.78 Å². The lowest BCUT2D eigenvalue weighted by Gasteiger charge is -1.97. The molecule has 0 unspecified atom stereocenters. The van der Waals surface area contributed by atoms with Crippen LogP contribution in [0.15, 0.2) is 36.4 Å². The summed E-state index contributed by atoms with van der Waals surface area (Å²) in [7, 11) is 0. The van der Waals surface area contributed by atoms with Crippen molar-refractivity contribution in [2.24, 2.45) is 0 Å². The summed E-state index contributed by atoms with van der Waals surface area (Å²) in [5.74, 6) is 0.0429. The highest BCUT2D eigenvalue weighted by atomic mass is 16.6. The van der Waals surface area contributed by atoms with Gasteiger partial charge in [0, 0.05) is 0 Å². The van der Waals surface area contributed by atoms with E-state index in [2.05, 4.69) is 0 Å². The third-order valence-electron chi connectivity index (χ3n) is 2.33. The van der Waals surface area contributed by atoms with Gasteiger partial charge in [0.25, 0.3) is 0 Å². The van der Waals surface area contributed by atoms with E-state index in [4.69, 9.17) is 4.74 Å². The molecule has 0 radical (unpaired) electrons. The topological polar surface area (TPSA) is 29.6 Å². The van der Waals surface area contributed by atoms with E-state index in [1.54, 1.807) is 6.08 Å². The SMILES string of the molecule is C[C@@]1(C(=O)/C=C\c2ccccc2)CO1. The molecule has 2 heteroatoms. The lowest BCUT2D eigenvalue weighted by atomic mass is 10.1. The molecule has 72 valence electrons. The van der Waals surface area contributed by atoms with Crippen LogP contribution in [0.25, 0.3) is 6.08 Å². The van der Waals surface area contributed by atoms with E-state index in [0.717, 1.165) is 5.56 Å². The first-order valence-electron chi connectivity index (χ1n) is 4.62. The van der Waals surface area contributed by atoms with Crippen molar-refractivity contribution in [1.82, 2.24) is 0 Å². The van der Waals surface area contributed by atoms with Crippen molar-refractivity contribution < 1.29 is 9.53 Å². The summed E-state index contributed by atoms with van der Waals surface area (Å²) in [6, 6.07) is 9.75. The molecular formula is C12H12O2. The van der Waals surface area contributed by atoms with E-state index in [1.165, 1.54) is 0 Å². The molecule has 0 amide bonds. The lowest BCUT2D eigenvalue weighted by Crippen LogP contribution is -2.17. The largest absolute Gasteiger partial charge is 0.361 e. The predicted molar refractivity (Wildman–Crippen MR) is 54.8 cm³/mol. The Morgan fingerprint density at radius 1 is 1.43 bits per heavy atom. The Kier molecular flexibility index (Phi) is 2.22. The second-order valence-electron chi connectivity index (χ2n) is 3.63. The minimum absolute atomic E-state index is 0.0429. The number of ether oxygens (including phenoxy) is 1. The zero-order chi connectivity index (χ0) is 10.0. The third kappa shape index (κ3) is 1.91. The van der Waals surface area contributed by atoms with Crippen molar-refractivity contribution in [2.45, 2.75) is 12.5 Å². The van der Waals surface area contributed by atoms with Crippen molar-refractivity contribution in [1.29, 1.82) is 0 Å². The molecule has 1 saturated heterocycles. The molecule has 1 aromatic rings. The number of carbonyl (C=O) groups excluding carboxylic acids is 1. The van der Waals surface area contributed by atoms with Gasteiger partial charge >= 0.3 is 0 Å². The molecule has 0 aromatic heterocycles. The molecule has 1 aromatic carbocycles. The Balaban J connectivity index is 2.04. The second kappa shape index (κ2) is 3.39. The minimum Gasteiger partial charge on any atom is -0.361 e. The highest BCUT2D eigenvalue weighted by Gasteiger charge is 2.45. The molecule has 0 bridgehead atoms. The molecule has 2 nitrogen and oxygen atoms in total. The Labute approximate surface area is 83.2 Å². The maximum Gasteiger partial charge on any atom is 0.189 e. The third-order valence-corrected chi connectivity index (χ3v) is 2.33. The smallest absolute Gasteiger partial charge is 0.189 e. The van der Waals surface area contributed by atoms with Crippen LogP contribution >= 0.6 is 0 Å². The fraction of sp³-hybridized carbons (Fsp3) is 0.250. The van der Waals surface area contributed by atoms with Crippen LogP contribution in [-0.4, -0.2) is 18.0 Å². The highest BCUT2D eigenvalue weighted by Crippen LogP contribution is 2.27. The van der Waals surface area contributed by atoms with E-state index in [1.807, 2.05) is 43.3 Å². The van der Waals surface area contributed by atoms with Crippen LogP contribution in [0.3, 0.4) is 0 Å². The van der Waals surface area contributed by atoms with E-state index in [9.17, 15) is 4.79 Å². The molecule has 1 aliphatic rings. The second-order valence-corrected chi connectivity index (χ2v) is 3.63. The molecule has 1 heterocycles. The number of hydrogen-bond donors (Lipinski definition) is 0. The van der Waals surface area contributed by atoms with Crippen LogP contribution in [-0.2, 0) is 9.53 Å². The molecule has 0 saturated carbocycles. The van der Waals surface area contributed by atoms with Crippen LogP contribution in [0.2, 0.25) is 0 Å². The molecule has 0 spiro atoms. The Hall–Kier alpha value is -1.41. The van der Waals surface area contributed by atoms with Gasteiger partial charge in [0.1, 0.15) is 0 Å². The lowest BCUT2D eigenvalue weighted by molar-refractivity contribution is -0.118.